The van der Waals surface area contributed by atoms with Gasteiger partial charge in [0, 0.05) is 30.2 Å². The predicted octanol–water partition coefficient (Wildman–Crippen LogP) is 4.82. The minimum atomic E-state index is 0.316. The van der Waals surface area contributed by atoms with Gasteiger partial charge in [0.25, 0.3) is 0 Å². The molecule has 0 spiro atoms. The summed E-state index contributed by atoms with van der Waals surface area (Å²) in [5.74, 6) is 0.866. The third kappa shape index (κ3) is 3.74. The molecular weight excluding hydrogens is 372 g/mol. The van der Waals surface area contributed by atoms with Gasteiger partial charge in [0.2, 0.25) is 0 Å². The Labute approximate surface area is 176 Å². The number of aromatic nitrogens is 3. The van der Waals surface area contributed by atoms with Gasteiger partial charge < -0.3 is 16.4 Å². The minimum absolute atomic E-state index is 0.316. The van der Waals surface area contributed by atoms with Gasteiger partial charge in [-0.3, -0.25) is 0 Å². The Morgan fingerprint density at radius 2 is 1.60 bits per heavy atom. The standard InChI is InChI=1S/C24H26N6/c25-18-11-13-20(14-12-18)28-23-21(17-7-3-1-4-8-17)22(24-26-15-16-30(24)29-23)27-19-9-5-2-6-10-19/h1-10,15-16,18,20,27H,11-14,25H2,(H,28,29). The average molecular weight is 399 g/mol. The second kappa shape index (κ2) is 8.16. The molecule has 2 heterocycles. The van der Waals surface area contributed by atoms with Crippen LogP contribution in [0.4, 0.5) is 17.2 Å². The zero-order valence-corrected chi connectivity index (χ0v) is 16.8. The van der Waals surface area contributed by atoms with Gasteiger partial charge in [-0.25, -0.2) is 9.50 Å². The van der Waals surface area contributed by atoms with Crippen molar-refractivity contribution in [1.82, 2.24) is 14.6 Å². The van der Waals surface area contributed by atoms with Crippen LogP contribution in [-0.2, 0) is 0 Å². The Hall–Kier alpha value is -3.38. The molecule has 2 aromatic heterocycles. The van der Waals surface area contributed by atoms with E-state index in [1.54, 1.807) is 6.20 Å². The largest absolute Gasteiger partial charge is 0.365 e. The number of benzene rings is 2. The molecule has 6 heteroatoms. The highest BCUT2D eigenvalue weighted by Gasteiger charge is 2.23. The quantitative estimate of drug-likeness (QED) is 0.449. The zero-order chi connectivity index (χ0) is 20.3. The van der Waals surface area contributed by atoms with Crippen molar-refractivity contribution in [3.63, 3.8) is 0 Å². The number of nitrogens with zero attached hydrogens (tertiary/aromatic N) is 3. The number of imidazole rings is 1. The lowest BCUT2D eigenvalue weighted by Gasteiger charge is -2.28. The SMILES string of the molecule is NC1CCC(Nc2nn3ccnc3c(Nc3ccccc3)c2-c2ccccc2)CC1. The molecule has 0 radical (unpaired) electrons. The maximum absolute atomic E-state index is 6.12. The summed E-state index contributed by atoms with van der Waals surface area (Å²) in [5.41, 5.74) is 11.0. The summed E-state index contributed by atoms with van der Waals surface area (Å²) >= 11 is 0. The molecule has 0 atom stereocenters. The molecule has 6 nitrogen and oxygen atoms in total. The fraction of sp³-hybridized carbons (Fsp3) is 0.250. The average Bonchev–Trinajstić information content (AvgIpc) is 3.25. The topological polar surface area (TPSA) is 80.3 Å². The maximum atomic E-state index is 6.12. The number of hydrogen-bond donors (Lipinski definition) is 3. The Morgan fingerprint density at radius 3 is 2.33 bits per heavy atom. The fourth-order valence-corrected chi connectivity index (χ4v) is 4.17. The van der Waals surface area contributed by atoms with E-state index in [-0.39, 0.29) is 0 Å². The first-order valence-corrected chi connectivity index (χ1v) is 10.5. The molecule has 1 aliphatic carbocycles. The van der Waals surface area contributed by atoms with Crippen molar-refractivity contribution < 1.29 is 0 Å². The second-order valence-electron chi connectivity index (χ2n) is 7.91. The Bertz CT molecular complexity index is 1110. The van der Waals surface area contributed by atoms with Crippen molar-refractivity contribution in [2.75, 3.05) is 10.6 Å². The van der Waals surface area contributed by atoms with E-state index in [9.17, 15) is 0 Å². The molecule has 0 bridgehead atoms. The molecule has 5 rings (SSSR count). The number of nitrogens with two attached hydrogens (primary N) is 1. The molecule has 4 aromatic rings. The van der Waals surface area contributed by atoms with E-state index < -0.39 is 0 Å². The van der Waals surface area contributed by atoms with Crippen LogP contribution < -0.4 is 16.4 Å². The number of hydrogen-bond acceptors (Lipinski definition) is 5. The molecule has 0 unspecified atom stereocenters. The van der Waals surface area contributed by atoms with E-state index in [1.807, 2.05) is 35.0 Å². The van der Waals surface area contributed by atoms with Gasteiger partial charge in [0.1, 0.15) is 0 Å². The predicted molar refractivity (Wildman–Crippen MR) is 122 cm³/mol. The molecule has 2 aromatic carbocycles. The van der Waals surface area contributed by atoms with E-state index in [1.165, 1.54) is 0 Å². The van der Waals surface area contributed by atoms with Gasteiger partial charge in [-0.2, -0.15) is 0 Å². The number of rotatable bonds is 5. The Balaban J connectivity index is 1.64. The van der Waals surface area contributed by atoms with Gasteiger partial charge in [0.15, 0.2) is 11.5 Å². The van der Waals surface area contributed by atoms with E-state index >= 15 is 0 Å². The second-order valence-corrected chi connectivity index (χ2v) is 7.91. The highest BCUT2D eigenvalue weighted by atomic mass is 15.3. The van der Waals surface area contributed by atoms with E-state index in [0.717, 1.165) is 59.7 Å². The highest BCUT2D eigenvalue weighted by Crippen LogP contribution is 2.38. The lowest BCUT2D eigenvalue weighted by molar-refractivity contribution is 0.410. The van der Waals surface area contributed by atoms with Crippen LogP contribution in [0.25, 0.3) is 16.8 Å². The molecule has 0 saturated heterocycles. The summed E-state index contributed by atoms with van der Waals surface area (Å²) in [6.45, 7) is 0. The molecular formula is C24H26N6. The summed E-state index contributed by atoms with van der Waals surface area (Å²) < 4.78 is 1.84. The summed E-state index contributed by atoms with van der Waals surface area (Å²) in [6.07, 6.45) is 7.88. The molecule has 0 aliphatic heterocycles. The van der Waals surface area contributed by atoms with Gasteiger partial charge in [0.05, 0.1) is 11.3 Å². The normalized spacial score (nSPS) is 19.0. The monoisotopic (exact) mass is 398 g/mol. The van der Waals surface area contributed by atoms with Crippen molar-refractivity contribution in [3.05, 3.63) is 73.1 Å². The Morgan fingerprint density at radius 1 is 0.900 bits per heavy atom. The van der Waals surface area contributed by atoms with Crippen molar-refractivity contribution in [3.8, 4) is 11.1 Å². The Kier molecular flexibility index (Phi) is 5.07. The van der Waals surface area contributed by atoms with Gasteiger partial charge in [-0.1, -0.05) is 48.5 Å². The van der Waals surface area contributed by atoms with Crippen molar-refractivity contribution >= 4 is 22.8 Å². The number of fused-ring (bicyclic) bond motifs is 1. The molecule has 0 amide bonds. The molecule has 30 heavy (non-hydrogen) atoms. The highest BCUT2D eigenvalue weighted by molar-refractivity contribution is 5.95. The number of para-hydroxylation sites is 1. The first-order chi connectivity index (χ1) is 14.8. The van der Waals surface area contributed by atoms with Crippen LogP contribution in [0.3, 0.4) is 0 Å². The zero-order valence-electron chi connectivity index (χ0n) is 16.8. The molecule has 152 valence electrons. The van der Waals surface area contributed by atoms with Crippen LogP contribution in [0.5, 0.6) is 0 Å². The minimum Gasteiger partial charge on any atom is -0.365 e. The van der Waals surface area contributed by atoms with Gasteiger partial charge >= 0.3 is 0 Å². The third-order valence-electron chi connectivity index (χ3n) is 5.76. The van der Waals surface area contributed by atoms with E-state index in [4.69, 9.17) is 10.8 Å². The summed E-state index contributed by atoms with van der Waals surface area (Å²) in [4.78, 5) is 4.59. The molecule has 4 N–H and O–H groups in total. The molecule has 1 fully saturated rings. The summed E-state index contributed by atoms with van der Waals surface area (Å²) in [7, 11) is 0. The number of anilines is 3. The van der Waals surface area contributed by atoms with Crippen LogP contribution in [0, 0.1) is 0 Å². The first kappa shape index (κ1) is 18.6. The lowest BCUT2D eigenvalue weighted by atomic mass is 9.91. The summed E-state index contributed by atoms with van der Waals surface area (Å²) in [6, 6.07) is 21.3. The van der Waals surface area contributed by atoms with Gasteiger partial charge in [-0.05, 0) is 43.4 Å². The van der Waals surface area contributed by atoms with Crippen molar-refractivity contribution in [2.24, 2.45) is 5.73 Å². The van der Waals surface area contributed by atoms with Crippen LogP contribution in [0.15, 0.2) is 73.1 Å². The number of nitrogens with one attached hydrogen (secondary N) is 2. The van der Waals surface area contributed by atoms with Crippen LogP contribution in [-0.4, -0.2) is 26.7 Å². The molecule has 1 saturated carbocycles. The van der Waals surface area contributed by atoms with Crippen LogP contribution in [0.2, 0.25) is 0 Å². The third-order valence-corrected chi connectivity index (χ3v) is 5.76. The van der Waals surface area contributed by atoms with Crippen LogP contribution >= 0.6 is 0 Å². The van der Waals surface area contributed by atoms with Gasteiger partial charge in [-0.15, -0.1) is 5.10 Å². The van der Waals surface area contributed by atoms with E-state index in [0.29, 0.717) is 12.1 Å². The first-order valence-electron chi connectivity index (χ1n) is 10.5. The van der Waals surface area contributed by atoms with Crippen molar-refractivity contribution in [2.45, 2.75) is 37.8 Å². The van der Waals surface area contributed by atoms with E-state index in [2.05, 4.69) is 52.0 Å². The van der Waals surface area contributed by atoms with Crippen molar-refractivity contribution in [1.29, 1.82) is 0 Å². The fourth-order valence-electron chi connectivity index (χ4n) is 4.17. The molecule has 1 aliphatic rings. The smallest absolute Gasteiger partial charge is 0.178 e. The van der Waals surface area contributed by atoms with Crippen LogP contribution in [0.1, 0.15) is 25.7 Å². The maximum Gasteiger partial charge on any atom is 0.178 e. The summed E-state index contributed by atoms with van der Waals surface area (Å²) in [5, 5.41) is 12.2. The lowest BCUT2D eigenvalue weighted by Crippen LogP contribution is -2.33.